The minimum Gasteiger partial charge on any atom is -0.303 e. The van der Waals surface area contributed by atoms with Crippen molar-refractivity contribution in [2.45, 2.75) is 43.9 Å². The second kappa shape index (κ2) is 8.04. The number of sulfonamides is 1. The van der Waals surface area contributed by atoms with Crippen LogP contribution in [-0.4, -0.2) is 39.5 Å². The Morgan fingerprint density at radius 3 is 2.50 bits per heavy atom. The van der Waals surface area contributed by atoms with Crippen LogP contribution < -0.4 is 4.72 Å². The van der Waals surface area contributed by atoms with Crippen LogP contribution in [0.3, 0.4) is 0 Å². The molecular formula is C16H25FN2O2S. The number of likely N-dealkylation sites (tertiary alicyclic amines) is 1. The third kappa shape index (κ3) is 5.04. The summed E-state index contributed by atoms with van der Waals surface area (Å²) < 4.78 is 40.1. The monoisotopic (exact) mass is 328 g/mol. The van der Waals surface area contributed by atoms with E-state index in [2.05, 4.69) is 9.62 Å². The lowest BCUT2D eigenvalue weighted by Gasteiger charge is -2.19. The summed E-state index contributed by atoms with van der Waals surface area (Å²) in [7, 11) is -3.54. The highest BCUT2D eigenvalue weighted by atomic mass is 32.2. The van der Waals surface area contributed by atoms with E-state index in [9.17, 15) is 12.8 Å². The van der Waals surface area contributed by atoms with E-state index in [4.69, 9.17) is 0 Å². The van der Waals surface area contributed by atoms with Gasteiger partial charge in [-0.15, -0.1) is 0 Å². The lowest BCUT2D eigenvalue weighted by atomic mass is 10.2. The van der Waals surface area contributed by atoms with Crippen molar-refractivity contribution in [2.75, 3.05) is 26.2 Å². The Hall–Kier alpha value is -0.980. The summed E-state index contributed by atoms with van der Waals surface area (Å²) in [5.74, 6) is -0.389. The van der Waals surface area contributed by atoms with Crippen molar-refractivity contribution in [3.63, 3.8) is 0 Å². The van der Waals surface area contributed by atoms with Crippen LogP contribution >= 0.6 is 0 Å². The van der Waals surface area contributed by atoms with Gasteiger partial charge in [0.1, 0.15) is 5.82 Å². The second-order valence-electron chi connectivity index (χ2n) is 5.92. The van der Waals surface area contributed by atoms with E-state index >= 15 is 0 Å². The number of nitrogens with zero attached hydrogens (tertiary/aromatic N) is 1. The average Bonchev–Trinajstić information content (AvgIpc) is 2.75. The first kappa shape index (κ1) is 17.4. The predicted octanol–water partition coefficient (Wildman–Crippen LogP) is 2.68. The lowest BCUT2D eigenvalue weighted by Crippen LogP contribution is -2.30. The molecule has 124 valence electrons. The summed E-state index contributed by atoms with van der Waals surface area (Å²) in [4.78, 5) is 2.53. The van der Waals surface area contributed by atoms with Gasteiger partial charge in [-0.3, -0.25) is 0 Å². The van der Waals surface area contributed by atoms with Gasteiger partial charge in [0.15, 0.2) is 0 Å². The highest BCUT2D eigenvalue weighted by molar-refractivity contribution is 7.89. The van der Waals surface area contributed by atoms with Gasteiger partial charge in [0, 0.05) is 6.54 Å². The van der Waals surface area contributed by atoms with Crippen molar-refractivity contribution in [3.8, 4) is 0 Å². The van der Waals surface area contributed by atoms with Crippen molar-refractivity contribution < 1.29 is 12.8 Å². The maximum Gasteiger partial charge on any atom is 0.240 e. The third-order valence-electron chi connectivity index (χ3n) is 4.08. The van der Waals surface area contributed by atoms with E-state index in [1.807, 2.05) is 0 Å². The molecule has 1 fully saturated rings. The van der Waals surface area contributed by atoms with Gasteiger partial charge in [-0.1, -0.05) is 12.8 Å². The van der Waals surface area contributed by atoms with E-state index in [0.29, 0.717) is 12.1 Å². The van der Waals surface area contributed by atoms with Crippen LogP contribution in [0.15, 0.2) is 23.1 Å². The van der Waals surface area contributed by atoms with Crippen LogP contribution in [0.2, 0.25) is 0 Å². The molecule has 1 N–H and O–H groups in total. The van der Waals surface area contributed by atoms with Crippen LogP contribution in [0, 0.1) is 12.7 Å². The van der Waals surface area contributed by atoms with Crippen LogP contribution in [0.4, 0.5) is 4.39 Å². The minimum absolute atomic E-state index is 0.126. The van der Waals surface area contributed by atoms with Crippen molar-refractivity contribution in [2.24, 2.45) is 0 Å². The Morgan fingerprint density at radius 1 is 1.18 bits per heavy atom. The van der Waals surface area contributed by atoms with Crippen molar-refractivity contribution in [3.05, 3.63) is 29.6 Å². The lowest BCUT2D eigenvalue weighted by molar-refractivity contribution is 0.282. The van der Waals surface area contributed by atoms with Gasteiger partial charge in [0.25, 0.3) is 0 Å². The number of aryl methyl sites for hydroxylation is 1. The summed E-state index contributed by atoms with van der Waals surface area (Å²) in [6.07, 6.45) is 5.86. The molecule has 0 aromatic heterocycles. The molecule has 0 saturated carbocycles. The standard InChI is InChI=1S/C16H25FN2O2S/c1-14-13-15(7-8-16(14)17)22(20,21)18-9-6-12-19-10-4-2-3-5-11-19/h7-8,13,18H,2-6,9-12H2,1H3. The zero-order chi connectivity index (χ0) is 16.0. The topological polar surface area (TPSA) is 49.4 Å². The number of halogens is 1. The molecule has 0 unspecified atom stereocenters. The highest BCUT2D eigenvalue weighted by Gasteiger charge is 2.15. The Morgan fingerprint density at radius 2 is 1.86 bits per heavy atom. The van der Waals surface area contributed by atoms with Gasteiger partial charge in [-0.05, 0) is 69.6 Å². The van der Waals surface area contributed by atoms with Crippen LogP contribution in [0.1, 0.15) is 37.7 Å². The van der Waals surface area contributed by atoms with Gasteiger partial charge in [0.2, 0.25) is 10.0 Å². The van der Waals surface area contributed by atoms with E-state index in [1.165, 1.54) is 43.9 Å². The Bertz CT molecular complexity index is 582. The Labute approximate surface area is 132 Å². The number of benzene rings is 1. The molecule has 4 nitrogen and oxygen atoms in total. The van der Waals surface area contributed by atoms with Crippen molar-refractivity contribution in [1.82, 2.24) is 9.62 Å². The first-order valence-electron chi connectivity index (χ1n) is 7.97. The molecule has 1 saturated heterocycles. The molecule has 0 bridgehead atoms. The van der Waals surface area contributed by atoms with E-state index in [0.717, 1.165) is 26.1 Å². The van der Waals surface area contributed by atoms with Gasteiger partial charge in [-0.2, -0.15) is 0 Å². The minimum atomic E-state index is -3.54. The summed E-state index contributed by atoms with van der Waals surface area (Å²) in [5.41, 5.74) is 0.340. The van der Waals surface area contributed by atoms with Crippen LogP contribution in [0.25, 0.3) is 0 Å². The summed E-state index contributed by atoms with van der Waals surface area (Å²) in [5, 5.41) is 0. The molecule has 0 amide bonds. The molecule has 0 radical (unpaired) electrons. The van der Waals surface area contributed by atoms with Crippen LogP contribution in [0.5, 0.6) is 0 Å². The molecule has 2 rings (SSSR count). The highest BCUT2D eigenvalue weighted by Crippen LogP contribution is 2.14. The smallest absolute Gasteiger partial charge is 0.240 e. The van der Waals surface area contributed by atoms with E-state index < -0.39 is 10.0 Å². The van der Waals surface area contributed by atoms with E-state index in [1.54, 1.807) is 6.92 Å². The number of rotatable bonds is 6. The van der Waals surface area contributed by atoms with Gasteiger partial charge in [0.05, 0.1) is 4.90 Å². The summed E-state index contributed by atoms with van der Waals surface area (Å²) in [6, 6.07) is 3.87. The molecule has 0 atom stereocenters. The fourth-order valence-electron chi connectivity index (χ4n) is 2.74. The van der Waals surface area contributed by atoms with Crippen molar-refractivity contribution in [1.29, 1.82) is 0 Å². The van der Waals surface area contributed by atoms with Crippen molar-refractivity contribution >= 4 is 10.0 Å². The van der Waals surface area contributed by atoms with Gasteiger partial charge in [-0.25, -0.2) is 17.5 Å². The average molecular weight is 328 g/mol. The summed E-state index contributed by atoms with van der Waals surface area (Å²) >= 11 is 0. The normalized spacial score (nSPS) is 17.4. The van der Waals surface area contributed by atoms with Crippen LogP contribution in [-0.2, 0) is 10.0 Å². The molecule has 0 spiro atoms. The first-order valence-corrected chi connectivity index (χ1v) is 9.45. The fraction of sp³-hybridized carbons (Fsp3) is 0.625. The Balaban J connectivity index is 1.80. The zero-order valence-corrected chi connectivity index (χ0v) is 14.0. The van der Waals surface area contributed by atoms with Gasteiger partial charge < -0.3 is 4.90 Å². The molecule has 6 heteroatoms. The largest absolute Gasteiger partial charge is 0.303 e. The zero-order valence-electron chi connectivity index (χ0n) is 13.1. The third-order valence-corrected chi connectivity index (χ3v) is 5.54. The Kier molecular flexibility index (Phi) is 6.35. The predicted molar refractivity (Wildman–Crippen MR) is 85.9 cm³/mol. The molecule has 1 heterocycles. The number of hydrogen-bond acceptors (Lipinski definition) is 3. The SMILES string of the molecule is Cc1cc(S(=O)(=O)NCCCN2CCCCCC2)ccc1F. The maximum absolute atomic E-state index is 13.2. The quantitative estimate of drug-likeness (QED) is 0.817. The second-order valence-corrected chi connectivity index (χ2v) is 7.69. The molecular weight excluding hydrogens is 303 g/mol. The number of nitrogens with one attached hydrogen (secondary N) is 1. The molecule has 1 aromatic carbocycles. The molecule has 0 aliphatic carbocycles. The number of hydrogen-bond donors (Lipinski definition) is 1. The first-order chi connectivity index (χ1) is 10.5. The molecule has 1 aromatic rings. The molecule has 1 aliphatic rings. The van der Waals surface area contributed by atoms with E-state index in [-0.39, 0.29) is 10.7 Å². The fourth-order valence-corrected chi connectivity index (χ4v) is 3.90. The summed E-state index contributed by atoms with van der Waals surface area (Å²) in [6.45, 7) is 5.13. The molecule has 1 aliphatic heterocycles. The molecule has 22 heavy (non-hydrogen) atoms. The van der Waals surface area contributed by atoms with Gasteiger partial charge >= 0.3 is 0 Å². The maximum atomic E-state index is 13.2.